The Morgan fingerprint density at radius 3 is 2.52 bits per heavy atom. The topological polar surface area (TPSA) is 46.2 Å². The number of fused-ring (bicyclic) bond motifs is 4. The van der Waals surface area contributed by atoms with Gasteiger partial charge in [-0.1, -0.05) is 45.0 Å². The second kappa shape index (κ2) is 6.12. The Morgan fingerprint density at radius 2 is 1.81 bits per heavy atom. The molecule has 1 aromatic carbocycles. The van der Waals surface area contributed by atoms with Gasteiger partial charge in [-0.3, -0.25) is 0 Å². The van der Waals surface area contributed by atoms with E-state index >= 15 is 0 Å². The second-order valence-corrected chi connectivity index (χ2v) is 14.7. The molecular weight excluding hydrogens is 360 g/mol. The van der Waals surface area contributed by atoms with E-state index in [0.29, 0.717) is 13.2 Å². The van der Waals surface area contributed by atoms with Crippen LogP contribution < -0.4 is 0 Å². The molecule has 0 radical (unpaired) electrons. The van der Waals surface area contributed by atoms with E-state index in [1.165, 1.54) is 0 Å². The zero-order valence-electron chi connectivity index (χ0n) is 17.5. The van der Waals surface area contributed by atoms with Crippen molar-refractivity contribution in [2.24, 2.45) is 0 Å². The van der Waals surface area contributed by atoms with Gasteiger partial charge in [-0.25, -0.2) is 0 Å². The maximum absolute atomic E-state index is 6.53. The molecule has 4 atom stereocenters. The Morgan fingerprint density at radius 1 is 1.11 bits per heavy atom. The molecule has 1 spiro atoms. The van der Waals surface area contributed by atoms with Crippen LogP contribution in [0.15, 0.2) is 24.3 Å². The Labute approximate surface area is 163 Å². The Kier molecular flexibility index (Phi) is 4.43. The minimum Gasteiger partial charge on any atom is -0.414 e. The molecule has 0 saturated carbocycles. The van der Waals surface area contributed by atoms with Gasteiger partial charge in [0.25, 0.3) is 0 Å². The van der Waals surface area contributed by atoms with Gasteiger partial charge in [-0.2, -0.15) is 0 Å². The summed E-state index contributed by atoms with van der Waals surface area (Å²) in [7, 11) is -1.89. The molecule has 0 amide bonds. The van der Waals surface area contributed by atoms with Gasteiger partial charge in [0.1, 0.15) is 18.3 Å². The van der Waals surface area contributed by atoms with E-state index in [9.17, 15) is 0 Å². The average Bonchev–Trinajstić information content (AvgIpc) is 3.17. The highest BCUT2D eigenvalue weighted by Crippen LogP contribution is 2.53. The molecule has 3 aliphatic rings. The molecule has 150 valence electrons. The molecule has 3 aliphatic heterocycles. The number of ether oxygens (including phenoxy) is 4. The number of hydrogen-bond donors (Lipinski definition) is 0. The number of rotatable bonds is 3. The summed E-state index contributed by atoms with van der Waals surface area (Å²) >= 11 is 0. The van der Waals surface area contributed by atoms with Gasteiger partial charge in [-0.05, 0) is 37.5 Å². The van der Waals surface area contributed by atoms with Crippen molar-refractivity contribution in [3.8, 4) is 0 Å². The predicted octanol–water partition coefficient (Wildman–Crippen LogP) is 4.31. The van der Waals surface area contributed by atoms with Crippen LogP contribution in [0.4, 0.5) is 0 Å². The number of benzene rings is 1. The average molecular weight is 393 g/mol. The van der Waals surface area contributed by atoms with Crippen molar-refractivity contribution in [3.05, 3.63) is 35.4 Å². The fourth-order valence-electron chi connectivity index (χ4n) is 3.93. The lowest BCUT2D eigenvalue weighted by atomic mass is 9.96. The van der Waals surface area contributed by atoms with E-state index in [2.05, 4.69) is 46.0 Å². The van der Waals surface area contributed by atoms with Crippen LogP contribution in [-0.2, 0) is 35.8 Å². The van der Waals surface area contributed by atoms with Gasteiger partial charge in [0.05, 0.1) is 13.2 Å². The largest absolute Gasteiger partial charge is 0.414 e. The first kappa shape index (κ1) is 19.5. The summed E-state index contributed by atoms with van der Waals surface area (Å²) in [4.78, 5) is 0. The maximum Gasteiger partial charge on any atom is 0.226 e. The van der Waals surface area contributed by atoms with Gasteiger partial charge in [0.2, 0.25) is 5.79 Å². The van der Waals surface area contributed by atoms with E-state index in [-0.39, 0.29) is 23.4 Å². The molecule has 4 rings (SSSR count). The zero-order chi connectivity index (χ0) is 19.7. The fraction of sp³-hybridized carbons (Fsp3) is 0.714. The molecule has 2 saturated heterocycles. The molecule has 0 bridgehead atoms. The molecule has 0 aliphatic carbocycles. The van der Waals surface area contributed by atoms with Crippen molar-refractivity contribution in [2.75, 3.05) is 6.61 Å². The first-order valence-corrected chi connectivity index (χ1v) is 12.8. The molecule has 3 heterocycles. The SMILES string of the molecule is CC1(C)O[C@H]2[C@@H](O1)[C@]1(OCc3ccccc31)O[C@@H]2CO[Si](C)(C)C(C)(C)C. The van der Waals surface area contributed by atoms with E-state index in [1.807, 2.05) is 26.0 Å². The highest BCUT2D eigenvalue weighted by Gasteiger charge is 2.66. The lowest BCUT2D eigenvalue weighted by Crippen LogP contribution is -2.44. The smallest absolute Gasteiger partial charge is 0.226 e. The van der Waals surface area contributed by atoms with Gasteiger partial charge in [0, 0.05) is 5.56 Å². The third-order valence-electron chi connectivity index (χ3n) is 6.45. The van der Waals surface area contributed by atoms with Gasteiger partial charge >= 0.3 is 0 Å². The highest BCUT2D eigenvalue weighted by molar-refractivity contribution is 6.74. The molecular formula is C21H32O5Si. The Balaban J connectivity index is 1.62. The van der Waals surface area contributed by atoms with Gasteiger partial charge < -0.3 is 23.4 Å². The van der Waals surface area contributed by atoms with Crippen LogP contribution in [0.25, 0.3) is 0 Å². The molecule has 0 unspecified atom stereocenters. The molecule has 27 heavy (non-hydrogen) atoms. The standard InChI is InChI=1S/C21H32O5Si/c1-19(2,3)27(6,7)23-13-16-17-18(26-20(4,5)25-17)21(24-16)15-11-9-8-10-14(15)12-22-21/h8-11,16-18H,12-13H2,1-7H3/t16-,17-,18-,21-/m1/s1. The highest BCUT2D eigenvalue weighted by atomic mass is 28.4. The number of hydrogen-bond acceptors (Lipinski definition) is 5. The van der Waals surface area contributed by atoms with E-state index in [1.54, 1.807) is 0 Å². The van der Waals surface area contributed by atoms with E-state index < -0.39 is 19.9 Å². The van der Waals surface area contributed by atoms with E-state index in [4.69, 9.17) is 23.4 Å². The lowest BCUT2D eigenvalue weighted by Gasteiger charge is -2.37. The molecule has 0 aromatic heterocycles. The summed E-state index contributed by atoms with van der Waals surface area (Å²) in [5, 5.41) is 0.144. The molecule has 5 nitrogen and oxygen atoms in total. The quantitative estimate of drug-likeness (QED) is 0.717. The second-order valence-electron chi connectivity index (χ2n) is 9.86. The minimum atomic E-state index is -1.89. The molecule has 6 heteroatoms. The monoisotopic (exact) mass is 392 g/mol. The lowest BCUT2D eigenvalue weighted by molar-refractivity contribution is -0.297. The first-order chi connectivity index (χ1) is 12.5. The summed E-state index contributed by atoms with van der Waals surface area (Å²) < 4.78 is 31.8. The van der Waals surface area contributed by atoms with Crippen molar-refractivity contribution in [2.45, 2.75) is 89.2 Å². The summed E-state index contributed by atoms with van der Waals surface area (Å²) in [6.07, 6.45) is -0.739. The first-order valence-electron chi connectivity index (χ1n) is 9.85. The zero-order valence-corrected chi connectivity index (χ0v) is 18.5. The summed E-state index contributed by atoms with van der Waals surface area (Å²) in [5.41, 5.74) is 2.20. The fourth-order valence-corrected chi connectivity index (χ4v) is 4.95. The van der Waals surface area contributed by atoms with Crippen LogP contribution in [0.5, 0.6) is 0 Å². The van der Waals surface area contributed by atoms with Crippen LogP contribution in [-0.4, -0.2) is 39.0 Å². The van der Waals surface area contributed by atoms with Crippen molar-refractivity contribution in [1.29, 1.82) is 0 Å². The normalized spacial score (nSPS) is 34.9. The summed E-state index contributed by atoms with van der Waals surface area (Å²) in [5.74, 6) is -1.57. The Bertz CT molecular complexity index is 726. The van der Waals surface area contributed by atoms with Crippen molar-refractivity contribution < 1.29 is 23.4 Å². The predicted molar refractivity (Wildman–Crippen MR) is 105 cm³/mol. The van der Waals surface area contributed by atoms with Crippen molar-refractivity contribution >= 4 is 8.32 Å². The van der Waals surface area contributed by atoms with Crippen molar-refractivity contribution in [1.82, 2.24) is 0 Å². The van der Waals surface area contributed by atoms with E-state index in [0.717, 1.165) is 11.1 Å². The van der Waals surface area contributed by atoms with Crippen LogP contribution in [0.3, 0.4) is 0 Å². The van der Waals surface area contributed by atoms with Crippen molar-refractivity contribution in [3.63, 3.8) is 0 Å². The third kappa shape index (κ3) is 3.11. The minimum absolute atomic E-state index is 0.144. The van der Waals surface area contributed by atoms with Crippen LogP contribution in [0, 0.1) is 0 Å². The van der Waals surface area contributed by atoms with Gasteiger partial charge in [-0.15, -0.1) is 0 Å². The van der Waals surface area contributed by atoms with Crippen LogP contribution in [0.1, 0.15) is 45.7 Å². The van der Waals surface area contributed by atoms with Gasteiger partial charge in [0.15, 0.2) is 14.1 Å². The molecule has 0 N–H and O–H groups in total. The molecule has 1 aromatic rings. The summed E-state index contributed by atoms with van der Waals surface area (Å²) in [6.45, 7) is 16.2. The van der Waals surface area contributed by atoms with Crippen LogP contribution in [0.2, 0.25) is 18.1 Å². The summed E-state index contributed by atoms with van der Waals surface area (Å²) in [6, 6.07) is 8.21. The maximum atomic E-state index is 6.53. The molecule has 2 fully saturated rings. The third-order valence-corrected chi connectivity index (χ3v) is 10.9. The Hall–Kier alpha value is -0.763. The van der Waals surface area contributed by atoms with Crippen LogP contribution >= 0.6 is 0 Å².